The molecule has 4 heteroatoms. The van der Waals surface area contributed by atoms with Crippen LogP contribution in [0.3, 0.4) is 0 Å². The molecule has 15 heavy (non-hydrogen) atoms. The first-order valence-electron chi connectivity index (χ1n) is 5.07. The largest absolute Gasteiger partial charge is 0.481 e. The number of aliphatic carboxylic acids is 1. The predicted molar refractivity (Wildman–Crippen MR) is 51.1 cm³/mol. The van der Waals surface area contributed by atoms with Crippen molar-refractivity contribution < 1.29 is 14.3 Å². The molecule has 4 nitrogen and oxygen atoms in total. The minimum atomic E-state index is -0.728. The van der Waals surface area contributed by atoms with Crippen LogP contribution in [-0.2, 0) is 4.79 Å². The molecule has 0 radical (unpaired) electrons. The van der Waals surface area contributed by atoms with Gasteiger partial charge in [-0.3, -0.25) is 4.79 Å². The van der Waals surface area contributed by atoms with Crippen molar-refractivity contribution in [3.05, 3.63) is 30.5 Å². The zero-order valence-electron chi connectivity index (χ0n) is 8.04. The van der Waals surface area contributed by atoms with Crippen molar-refractivity contribution in [1.82, 2.24) is 4.98 Å². The Morgan fingerprint density at radius 1 is 1.47 bits per heavy atom. The van der Waals surface area contributed by atoms with E-state index < -0.39 is 5.97 Å². The molecular formula is C11H11NO3. The Balaban J connectivity index is 2.00. The van der Waals surface area contributed by atoms with Gasteiger partial charge >= 0.3 is 5.97 Å². The van der Waals surface area contributed by atoms with Crippen molar-refractivity contribution in [2.45, 2.75) is 12.3 Å². The van der Waals surface area contributed by atoms with E-state index in [1.165, 1.54) is 6.39 Å². The second kappa shape index (κ2) is 2.95. The quantitative estimate of drug-likeness (QED) is 0.746. The Labute approximate surface area is 86.6 Å². The topological polar surface area (TPSA) is 63.3 Å². The van der Waals surface area contributed by atoms with E-state index in [0.717, 1.165) is 6.42 Å². The number of hydrogen-bond acceptors (Lipinski definition) is 3. The van der Waals surface area contributed by atoms with Gasteiger partial charge in [-0.2, -0.15) is 0 Å². The molecule has 2 aliphatic carbocycles. The summed E-state index contributed by atoms with van der Waals surface area (Å²) in [5.74, 6) is 0.0899. The third-order valence-electron chi connectivity index (χ3n) is 3.52. The summed E-state index contributed by atoms with van der Waals surface area (Å²) >= 11 is 0. The van der Waals surface area contributed by atoms with E-state index >= 15 is 0 Å². The number of carboxylic acid groups (broad SMARTS) is 1. The molecule has 0 saturated heterocycles. The van der Waals surface area contributed by atoms with Gasteiger partial charge in [0.05, 0.1) is 12.1 Å². The number of fused-ring (bicyclic) bond motifs is 2. The Morgan fingerprint density at radius 3 is 2.93 bits per heavy atom. The van der Waals surface area contributed by atoms with Gasteiger partial charge < -0.3 is 9.52 Å². The molecule has 0 aromatic carbocycles. The molecule has 1 N–H and O–H groups in total. The average molecular weight is 205 g/mol. The highest BCUT2D eigenvalue weighted by Crippen LogP contribution is 2.52. The molecule has 0 spiro atoms. The van der Waals surface area contributed by atoms with Gasteiger partial charge in [-0.25, -0.2) is 4.98 Å². The first-order chi connectivity index (χ1) is 7.27. The fraction of sp³-hybridized carbons (Fsp3) is 0.455. The van der Waals surface area contributed by atoms with E-state index in [9.17, 15) is 9.90 Å². The van der Waals surface area contributed by atoms with Crippen LogP contribution in [0.25, 0.3) is 0 Å². The number of carbonyl (C=O) groups is 1. The van der Waals surface area contributed by atoms with Crippen LogP contribution in [0.15, 0.2) is 29.2 Å². The molecule has 0 amide bonds. The van der Waals surface area contributed by atoms with Crippen molar-refractivity contribution in [1.29, 1.82) is 0 Å². The van der Waals surface area contributed by atoms with E-state index in [0.29, 0.717) is 11.7 Å². The normalized spacial score (nSPS) is 37.3. The monoisotopic (exact) mass is 205 g/mol. The van der Waals surface area contributed by atoms with Crippen LogP contribution in [-0.4, -0.2) is 16.1 Å². The van der Waals surface area contributed by atoms with Crippen molar-refractivity contribution in [2.24, 2.45) is 17.8 Å². The molecule has 0 aliphatic heterocycles. The van der Waals surface area contributed by atoms with Crippen molar-refractivity contribution in [3.63, 3.8) is 0 Å². The summed E-state index contributed by atoms with van der Waals surface area (Å²) in [6.07, 6.45) is 8.06. The van der Waals surface area contributed by atoms with Crippen LogP contribution in [0.2, 0.25) is 0 Å². The molecule has 1 saturated carbocycles. The SMILES string of the molecule is O=C(O)C1C2C=CC(C2)C1c1cnco1. The highest BCUT2D eigenvalue weighted by molar-refractivity contribution is 5.73. The van der Waals surface area contributed by atoms with Crippen LogP contribution in [0.1, 0.15) is 18.1 Å². The number of oxazole rings is 1. The zero-order chi connectivity index (χ0) is 10.4. The summed E-state index contributed by atoms with van der Waals surface area (Å²) in [6, 6.07) is 0. The van der Waals surface area contributed by atoms with E-state index in [4.69, 9.17) is 4.42 Å². The van der Waals surface area contributed by atoms with Gasteiger partial charge in [0.1, 0.15) is 5.76 Å². The summed E-state index contributed by atoms with van der Waals surface area (Å²) in [5.41, 5.74) is 0. The molecule has 2 bridgehead atoms. The summed E-state index contributed by atoms with van der Waals surface area (Å²) < 4.78 is 5.24. The van der Waals surface area contributed by atoms with Gasteiger partial charge in [0.15, 0.2) is 6.39 Å². The lowest BCUT2D eigenvalue weighted by atomic mass is 9.82. The lowest BCUT2D eigenvalue weighted by Gasteiger charge is -2.22. The fourth-order valence-electron chi connectivity index (χ4n) is 2.94. The van der Waals surface area contributed by atoms with Crippen LogP contribution in [0.5, 0.6) is 0 Å². The highest BCUT2D eigenvalue weighted by Gasteiger charge is 2.50. The zero-order valence-corrected chi connectivity index (χ0v) is 8.04. The predicted octanol–water partition coefficient (Wildman–Crippen LogP) is 1.66. The van der Waals surface area contributed by atoms with Gasteiger partial charge in [0.2, 0.25) is 0 Å². The lowest BCUT2D eigenvalue weighted by Crippen LogP contribution is -2.25. The summed E-state index contributed by atoms with van der Waals surface area (Å²) in [4.78, 5) is 15.1. The van der Waals surface area contributed by atoms with Crippen LogP contribution < -0.4 is 0 Å². The van der Waals surface area contributed by atoms with Gasteiger partial charge in [0.25, 0.3) is 0 Å². The van der Waals surface area contributed by atoms with Gasteiger partial charge in [-0.1, -0.05) is 12.2 Å². The molecule has 78 valence electrons. The fourth-order valence-corrected chi connectivity index (χ4v) is 2.94. The third kappa shape index (κ3) is 1.14. The standard InChI is InChI=1S/C11H11NO3/c13-11(14)10-7-2-1-6(3-7)9(10)8-4-12-5-15-8/h1-2,4-7,9-10H,3H2,(H,13,14). The summed E-state index contributed by atoms with van der Waals surface area (Å²) in [5, 5.41) is 9.21. The van der Waals surface area contributed by atoms with Gasteiger partial charge in [0, 0.05) is 5.92 Å². The second-order valence-corrected chi connectivity index (χ2v) is 4.24. The van der Waals surface area contributed by atoms with E-state index in [-0.39, 0.29) is 17.8 Å². The molecule has 4 atom stereocenters. The molecule has 1 aromatic heterocycles. The number of carboxylic acids is 1. The number of allylic oxidation sites excluding steroid dienone is 2. The Hall–Kier alpha value is -1.58. The summed E-state index contributed by atoms with van der Waals surface area (Å²) in [7, 11) is 0. The maximum absolute atomic E-state index is 11.2. The molecule has 1 fully saturated rings. The van der Waals surface area contributed by atoms with Crippen LogP contribution in [0, 0.1) is 17.8 Å². The lowest BCUT2D eigenvalue weighted by molar-refractivity contribution is -0.143. The first kappa shape index (κ1) is 8.71. The average Bonchev–Trinajstić information content (AvgIpc) is 2.92. The highest BCUT2D eigenvalue weighted by atomic mass is 16.4. The van der Waals surface area contributed by atoms with Crippen LogP contribution >= 0.6 is 0 Å². The van der Waals surface area contributed by atoms with E-state index in [1.54, 1.807) is 6.20 Å². The Kier molecular flexibility index (Phi) is 1.71. The van der Waals surface area contributed by atoms with E-state index in [1.807, 2.05) is 6.08 Å². The van der Waals surface area contributed by atoms with Crippen molar-refractivity contribution in [3.8, 4) is 0 Å². The smallest absolute Gasteiger partial charge is 0.307 e. The maximum atomic E-state index is 11.2. The third-order valence-corrected chi connectivity index (χ3v) is 3.52. The van der Waals surface area contributed by atoms with Crippen molar-refractivity contribution in [2.75, 3.05) is 0 Å². The van der Waals surface area contributed by atoms with Crippen molar-refractivity contribution >= 4 is 5.97 Å². The van der Waals surface area contributed by atoms with Gasteiger partial charge in [-0.05, 0) is 18.3 Å². The number of hydrogen-bond donors (Lipinski definition) is 1. The number of aromatic nitrogens is 1. The Morgan fingerprint density at radius 2 is 2.27 bits per heavy atom. The molecule has 3 rings (SSSR count). The first-order valence-corrected chi connectivity index (χ1v) is 5.07. The minimum Gasteiger partial charge on any atom is -0.481 e. The van der Waals surface area contributed by atoms with Crippen LogP contribution in [0.4, 0.5) is 0 Å². The molecule has 4 unspecified atom stereocenters. The molecule has 1 heterocycles. The van der Waals surface area contributed by atoms with Gasteiger partial charge in [-0.15, -0.1) is 0 Å². The minimum absolute atomic E-state index is 0.0278. The summed E-state index contributed by atoms with van der Waals surface area (Å²) in [6.45, 7) is 0. The van der Waals surface area contributed by atoms with E-state index in [2.05, 4.69) is 11.1 Å². The molecule has 1 aromatic rings. The number of rotatable bonds is 2. The second-order valence-electron chi connectivity index (χ2n) is 4.24. The molecule has 2 aliphatic rings. The Bertz CT molecular complexity index is 409. The number of nitrogens with zero attached hydrogens (tertiary/aromatic N) is 1. The molecular weight excluding hydrogens is 194 g/mol. The maximum Gasteiger partial charge on any atom is 0.307 e.